The van der Waals surface area contributed by atoms with Crippen molar-refractivity contribution >= 4 is 33.8 Å². The number of carbonyl (C=O) groups is 2. The van der Waals surface area contributed by atoms with Crippen LogP contribution >= 0.6 is 11.3 Å². The van der Waals surface area contributed by atoms with E-state index in [0.717, 1.165) is 24.5 Å². The molecule has 0 aliphatic rings. The Morgan fingerprint density at radius 3 is 2.40 bits per heavy atom. The molecule has 0 saturated heterocycles. The number of hydrogen-bond acceptors (Lipinski definition) is 6. The lowest BCUT2D eigenvalue weighted by atomic mass is 10.1. The van der Waals surface area contributed by atoms with Crippen molar-refractivity contribution in [3.05, 3.63) is 10.4 Å². The zero-order valence-corrected chi connectivity index (χ0v) is 13.3. The highest BCUT2D eigenvalue weighted by atomic mass is 32.1. The highest BCUT2D eigenvalue weighted by molar-refractivity contribution is 7.19. The smallest absolute Gasteiger partial charge is 0.343 e. The molecule has 1 rings (SSSR count). The predicted octanol–water partition coefficient (Wildman–Crippen LogP) is 2.95. The van der Waals surface area contributed by atoms with E-state index in [0.29, 0.717) is 16.9 Å². The molecule has 5 nitrogen and oxygen atoms in total. The fourth-order valence-corrected chi connectivity index (χ4v) is 3.30. The van der Waals surface area contributed by atoms with Crippen LogP contribution < -0.4 is 10.6 Å². The van der Waals surface area contributed by atoms with Gasteiger partial charge in [-0.25, -0.2) is 4.79 Å². The number of Topliss-reactive ketones (excluding diaryl/α,β-unsaturated/α-hetero) is 1. The summed E-state index contributed by atoms with van der Waals surface area (Å²) in [5.41, 5.74) is 6.58. The quantitative estimate of drug-likeness (QED) is 0.619. The van der Waals surface area contributed by atoms with Crippen molar-refractivity contribution in [1.29, 1.82) is 0 Å². The molecule has 112 valence electrons. The second-order valence-electron chi connectivity index (χ2n) is 4.37. The molecule has 0 amide bonds. The molecule has 0 fully saturated rings. The minimum Gasteiger partial charge on any atom is -0.465 e. The molecule has 0 unspecified atom stereocenters. The lowest BCUT2D eigenvalue weighted by Gasteiger charge is -2.21. The molecule has 1 heterocycles. The van der Waals surface area contributed by atoms with Gasteiger partial charge in [0.05, 0.1) is 17.7 Å². The molecule has 0 bridgehead atoms. The third-order valence-electron chi connectivity index (χ3n) is 3.05. The van der Waals surface area contributed by atoms with E-state index in [-0.39, 0.29) is 11.5 Å². The van der Waals surface area contributed by atoms with Crippen LogP contribution in [0.4, 0.5) is 10.7 Å². The van der Waals surface area contributed by atoms with Crippen molar-refractivity contribution in [2.24, 2.45) is 0 Å². The topological polar surface area (TPSA) is 72.6 Å². The summed E-state index contributed by atoms with van der Waals surface area (Å²) < 4.78 is 4.81. The van der Waals surface area contributed by atoms with Crippen LogP contribution in [0.15, 0.2) is 0 Å². The molecule has 20 heavy (non-hydrogen) atoms. The Labute approximate surface area is 123 Å². The van der Waals surface area contributed by atoms with E-state index in [4.69, 9.17) is 10.5 Å². The summed E-state index contributed by atoms with van der Waals surface area (Å²) >= 11 is 1.29. The summed E-state index contributed by atoms with van der Waals surface area (Å²) in [6.45, 7) is 7.41. The van der Waals surface area contributed by atoms with Gasteiger partial charge in [-0.2, -0.15) is 0 Å². The Kier molecular flexibility index (Phi) is 6.01. The molecule has 1 aromatic heterocycles. The summed E-state index contributed by atoms with van der Waals surface area (Å²) in [6, 6.07) is 0. The van der Waals surface area contributed by atoms with Crippen molar-refractivity contribution in [3.63, 3.8) is 0 Å². The normalized spacial score (nSPS) is 10.4. The van der Waals surface area contributed by atoms with Gasteiger partial charge in [0.1, 0.15) is 10.6 Å². The average molecular weight is 298 g/mol. The molecular formula is C14H22N2O3S. The van der Waals surface area contributed by atoms with Gasteiger partial charge in [-0.15, -0.1) is 11.3 Å². The maximum atomic E-state index is 12.0. The summed E-state index contributed by atoms with van der Waals surface area (Å²) in [5.74, 6) is -0.532. The summed E-state index contributed by atoms with van der Waals surface area (Å²) in [4.78, 5) is 26.4. The van der Waals surface area contributed by atoms with Gasteiger partial charge in [-0.1, -0.05) is 13.8 Å². The predicted molar refractivity (Wildman–Crippen MR) is 82.9 cm³/mol. The highest BCUT2D eigenvalue weighted by Crippen LogP contribution is 2.39. The molecule has 0 aliphatic carbocycles. The van der Waals surface area contributed by atoms with E-state index in [9.17, 15) is 9.59 Å². The van der Waals surface area contributed by atoms with Gasteiger partial charge in [0.15, 0.2) is 5.78 Å². The summed E-state index contributed by atoms with van der Waals surface area (Å²) in [6.07, 6.45) is 1.31. The van der Waals surface area contributed by atoms with Crippen LogP contribution in [0.2, 0.25) is 0 Å². The molecule has 2 N–H and O–H groups in total. The number of nitrogens with zero attached hydrogens (tertiary/aromatic N) is 1. The molecule has 0 atom stereocenters. The Hall–Kier alpha value is -1.56. The van der Waals surface area contributed by atoms with Crippen LogP contribution in [0, 0.1) is 0 Å². The second kappa shape index (κ2) is 7.28. The fraction of sp³-hybridized carbons (Fsp3) is 0.571. The van der Waals surface area contributed by atoms with Gasteiger partial charge in [-0.3, -0.25) is 4.79 Å². The molecule has 0 radical (unpaired) electrons. The maximum Gasteiger partial charge on any atom is 0.343 e. The van der Waals surface area contributed by atoms with Crippen LogP contribution in [0.3, 0.4) is 0 Å². The number of anilines is 2. The van der Waals surface area contributed by atoms with Crippen LogP contribution in [0.5, 0.6) is 0 Å². The number of nitrogens with two attached hydrogens (primary N) is 1. The van der Waals surface area contributed by atoms with Crippen LogP contribution in [-0.4, -0.2) is 32.0 Å². The highest BCUT2D eigenvalue weighted by Gasteiger charge is 2.27. The SMILES string of the molecule is CCCN(CC)c1sc(C(=O)CC)c(N)c1C(=O)OC. The van der Waals surface area contributed by atoms with Crippen LogP contribution in [0.1, 0.15) is 53.6 Å². The minimum atomic E-state index is -0.488. The number of methoxy groups -OCH3 is 1. The Morgan fingerprint density at radius 2 is 1.95 bits per heavy atom. The molecule has 6 heteroatoms. The van der Waals surface area contributed by atoms with Crippen molar-refractivity contribution in [3.8, 4) is 0 Å². The fourth-order valence-electron chi connectivity index (χ4n) is 1.99. The number of carbonyl (C=O) groups excluding carboxylic acids is 2. The lowest BCUT2D eigenvalue weighted by molar-refractivity contribution is 0.0603. The first-order valence-electron chi connectivity index (χ1n) is 6.80. The van der Waals surface area contributed by atoms with Crippen molar-refractivity contribution in [2.45, 2.75) is 33.6 Å². The zero-order chi connectivity index (χ0) is 15.3. The van der Waals surface area contributed by atoms with Gasteiger partial charge in [-0.05, 0) is 13.3 Å². The van der Waals surface area contributed by atoms with E-state index in [2.05, 4.69) is 11.8 Å². The Morgan fingerprint density at radius 1 is 1.30 bits per heavy atom. The first-order valence-corrected chi connectivity index (χ1v) is 7.61. The number of rotatable bonds is 7. The third kappa shape index (κ3) is 3.12. The third-order valence-corrected chi connectivity index (χ3v) is 4.36. The number of esters is 1. The van der Waals surface area contributed by atoms with E-state index in [1.54, 1.807) is 6.92 Å². The number of ether oxygens (including phenoxy) is 1. The van der Waals surface area contributed by atoms with E-state index in [1.807, 2.05) is 6.92 Å². The second-order valence-corrected chi connectivity index (χ2v) is 5.37. The molecule has 1 aromatic rings. The lowest BCUT2D eigenvalue weighted by Crippen LogP contribution is -2.24. The van der Waals surface area contributed by atoms with Crippen LogP contribution in [0.25, 0.3) is 0 Å². The van der Waals surface area contributed by atoms with Gasteiger partial charge in [0.25, 0.3) is 0 Å². The number of nitrogen functional groups attached to an aromatic ring is 1. The van der Waals surface area contributed by atoms with E-state index in [1.165, 1.54) is 18.4 Å². The van der Waals surface area contributed by atoms with Crippen molar-refractivity contribution < 1.29 is 14.3 Å². The number of hydrogen-bond donors (Lipinski definition) is 1. The molecular weight excluding hydrogens is 276 g/mol. The summed E-state index contributed by atoms with van der Waals surface area (Å²) in [7, 11) is 1.32. The largest absolute Gasteiger partial charge is 0.465 e. The van der Waals surface area contributed by atoms with Crippen molar-refractivity contribution in [1.82, 2.24) is 0 Å². The summed E-state index contributed by atoms with van der Waals surface area (Å²) in [5, 5.41) is 0.732. The van der Waals surface area contributed by atoms with Gasteiger partial charge in [0, 0.05) is 19.5 Å². The number of thiophene rings is 1. The first kappa shape index (κ1) is 16.5. The van der Waals surface area contributed by atoms with Gasteiger partial charge >= 0.3 is 5.97 Å². The average Bonchev–Trinajstić information content (AvgIpc) is 2.80. The number of ketones is 1. The van der Waals surface area contributed by atoms with E-state index >= 15 is 0 Å². The molecule has 0 aliphatic heterocycles. The molecule has 0 aromatic carbocycles. The van der Waals surface area contributed by atoms with Crippen molar-refractivity contribution in [2.75, 3.05) is 30.8 Å². The Balaban J connectivity index is 3.40. The van der Waals surface area contributed by atoms with Gasteiger partial charge in [0.2, 0.25) is 0 Å². The molecule has 0 spiro atoms. The Bertz CT molecular complexity index is 497. The zero-order valence-electron chi connectivity index (χ0n) is 12.5. The van der Waals surface area contributed by atoms with E-state index < -0.39 is 5.97 Å². The first-order chi connectivity index (χ1) is 9.51. The maximum absolute atomic E-state index is 12.0. The monoisotopic (exact) mass is 298 g/mol. The molecule has 0 saturated carbocycles. The standard InChI is InChI=1S/C14H22N2O3S/c1-5-8-16(7-3)13-10(14(18)19-4)11(15)12(20-13)9(17)6-2/h5-8,15H2,1-4H3. The minimum absolute atomic E-state index is 0.0449. The van der Waals surface area contributed by atoms with Crippen LogP contribution in [-0.2, 0) is 4.74 Å². The van der Waals surface area contributed by atoms with Gasteiger partial charge < -0.3 is 15.4 Å².